The van der Waals surface area contributed by atoms with Crippen molar-refractivity contribution in [3.8, 4) is 17.1 Å². The Morgan fingerprint density at radius 1 is 1.19 bits per heavy atom. The molecule has 0 fully saturated rings. The number of ether oxygens (including phenoxy) is 1. The molecule has 0 aliphatic rings. The van der Waals surface area contributed by atoms with Crippen molar-refractivity contribution in [3.63, 3.8) is 0 Å². The number of rotatable bonds is 2. The van der Waals surface area contributed by atoms with Crippen LogP contribution in [-0.4, -0.2) is 26.7 Å². The zero-order valence-corrected chi connectivity index (χ0v) is 12.5. The Morgan fingerprint density at radius 2 is 2.05 bits per heavy atom. The molecule has 0 radical (unpaired) electrons. The number of aromatic nitrogens is 4. The maximum Gasteiger partial charge on any atom is 0.226 e. The highest BCUT2D eigenvalue weighted by Crippen LogP contribution is 2.32. The van der Waals surface area contributed by atoms with Crippen LogP contribution in [0.15, 0.2) is 35.0 Å². The van der Waals surface area contributed by atoms with Gasteiger partial charge in [-0.1, -0.05) is 12.1 Å². The van der Waals surface area contributed by atoms with Gasteiger partial charge in [-0.15, -0.1) is 16.4 Å². The van der Waals surface area contributed by atoms with Crippen LogP contribution in [0.25, 0.3) is 27.9 Å². The molecule has 21 heavy (non-hydrogen) atoms. The minimum absolute atomic E-state index is 0.289. The van der Waals surface area contributed by atoms with E-state index >= 15 is 0 Å². The van der Waals surface area contributed by atoms with Gasteiger partial charge in [0.1, 0.15) is 5.75 Å². The van der Waals surface area contributed by atoms with E-state index < -0.39 is 0 Å². The molecule has 0 saturated heterocycles. The Labute approximate surface area is 128 Å². The highest BCUT2D eigenvalue weighted by molar-refractivity contribution is 7.08. The normalized spacial score (nSPS) is 11.3. The lowest BCUT2D eigenvalue weighted by molar-refractivity contribution is 0.418. The molecule has 3 aromatic heterocycles. The first-order valence-corrected chi connectivity index (χ1v) is 7.51. The van der Waals surface area contributed by atoms with Crippen LogP contribution in [0.5, 0.6) is 5.75 Å². The minimum atomic E-state index is 0.289. The highest BCUT2D eigenvalue weighted by atomic mass is 35.5. The number of halogens is 1. The molecule has 0 aliphatic heterocycles. The summed E-state index contributed by atoms with van der Waals surface area (Å²) in [6, 6.07) is 7.72. The Hall–Kier alpha value is -2.18. The second kappa shape index (κ2) is 4.68. The average Bonchev–Trinajstić information content (AvgIpc) is 3.14. The number of nitrogens with zero attached hydrogens (tertiary/aromatic N) is 4. The highest BCUT2D eigenvalue weighted by Gasteiger charge is 2.16. The van der Waals surface area contributed by atoms with E-state index in [1.807, 2.05) is 35.0 Å². The van der Waals surface area contributed by atoms with E-state index in [1.165, 1.54) is 0 Å². The van der Waals surface area contributed by atoms with Crippen molar-refractivity contribution < 1.29 is 4.74 Å². The third kappa shape index (κ3) is 1.87. The van der Waals surface area contributed by atoms with Gasteiger partial charge in [0.25, 0.3) is 0 Å². The lowest BCUT2D eigenvalue weighted by atomic mass is 10.2. The van der Waals surface area contributed by atoms with Crippen molar-refractivity contribution in [3.05, 3.63) is 40.3 Å². The van der Waals surface area contributed by atoms with Gasteiger partial charge in [0, 0.05) is 16.1 Å². The van der Waals surface area contributed by atoms with Gasteiger partial charge in [-0.05, 0) is 23.7 Å². The van der Waals surface area contributed by atoms with Gasteiger partial charge in [-0.2, -0.15) is 4.52 Å². The fourth-order valence-corrected chi connectivity index (χ4v) is 3.22. The van der Waals surface area contributed by atoms with Crippen LogP contribution >= 0.6 is 22.9 Å². The molecule has 104 valence electrons. The minimum Gasteiger partial charge on any atom is -0.495 e. The zero-order valence-electron chi connectivity index (χ0n) is 10.9. The molecule has 0 aliphatic carbocycles. The monoisotopic (exact) mass is 316 g/mol. The second-order valence-corrected chi connectivity index (χ2v) is 5.50. The molecule has 7 heteroatoms. The zero-order chi connectivity index (χ0) is 14.4. The van der Waals surface area contributed by atoms with E-state index in [-0.39, 0.29) is 5.28 Å². The van der Waals surface area contributed by atoms with Crippen molar-refractivity contribution in [1.82, 2.24) is 19.6 Å². The third-order valence-electron chi connectivity index (χ3n) is 3.23. The average molecular weight is 317 g/mol. The smallest absolute Gasteiger partial charge is 0.226 e. The molecule has 0 saturated carbocycles. The van der Waals surface area contributed by atoms with Crippen molar-refractivity contribution in [1.29, 1.82) is 0 Å². The van der Waals surface area contributed by atoms with Crippen LogP contribution in [0, 0.1) is 0 Å². The molecule has 4 aromatic rings. The molecule has 0 atom stereocenters. The summed E-state index contributed by atoms with van der Waals surface area (Å²) < 4.78 is 6.88. The SMILES string of the molecule is COc1cscc1-c1nc2c3ccccc3nc(Cl)n2n1. The first-order chi connectivity index (χ1) is 10.3. The number of methoxy groups -OCH3 is 1. The van der Waals surface area contributed by atoms with Gasteiger partial charge >= 0.3 is 0 Å². The predicted octanol–water partition coefficient (Wildman–Crippen LogP) is 3.67. The molecule has 3 heterocycles. The molecule has 0 bridgehead atoms. The van der Waals surface area contributed by atoms with Crippen LogP contribution < -0.4 is 4.74 Å². The van der Waals surface area contributed by atoms with E-state index in [9.17, 15) is 0 Å². The lowest BCUT2D eigenvalue weighted by Crippen LogP contribution is -1.94. The van der Waals surface area contributed by atoms with Crippen molar-refractivity contribution >= 4 is 39.5 Å². The van der Waals surface area contributed by atoms with Gasteiger partial charge < -0.3 is 4.74 Å². The van der Waals surface area contributed by atoms with Gasteiger partial charge in [-0.25, -0.2) is 9.97 Å². The topological polar surface area (TPSA) is 52.3 Å². The van der Waals surface area contributed by atoms with Crippen LogP contribution in [0.2, 0.25) is 5.28 Å². The van der Waals surface area contributed by atoms with Crippen LogP contribution in [-0.2, 0) is 0 Å². The summed E-state index contributed by atoms with van der Waals surface area (Å²) in [5.74, 6) is 1.33. The number of hydrogen-bond donors (Lipinski definition) is 0. The molecule has 1 aromatic carbocycles. The summed E-state index contributed by atoms with van der Waals surface area (Å²) in [5.41, 5.74) is 2.34. The summed E-state index contributed by atoms with van der Waals surface area (Å²) >= 11 is 7.75. The summed E-state index contributed by atoms with van der Waals surface area (Å²) in [5, 5.41) is 9.52. The summed E-state index contributed by atoms with van der Waals surface area (Å²) in [6.07, 6.45) is 0. The summed E-state index contributed by atoms with van der Waals surface area (Å²) in [4.78, 5) is 8.95. The molecule has 0 amide bonds. The third-order valence-corrected chi connectivity index (χ3v) is 4.19. The fourth-order valence-electron chi connectivity index (χ4n) is 2.24. The Bertz CT molecular complexity index is 962. The Morgan fingerprint density at radius 3 is 2.90 bits per heavy atom. The number of para-hydroxylation sites is 1. The van der Waals surface area contributed by atoms with Gasteiger partial charge in [-0.3, -0.25) is 0 Å². The van der Waals surface area contributed by atoms with E-state index in [1.54, 1.807) is 23.0 Å². The largest absolute Gasteiger partial charge is 0.495 e. The summed E-state index contributed by atoms with van der Waals surface area (Å²) in [7, 11) is 1.63. The molecule has 5 nitrogen and oxygen atoms in total. The van der Waals surface area contributed by atoms with Crippen LogP contribution in [0.1, 0.15) is 0 Å². The molecule has 4 rings (SSSR count). The van der Waals surface area contributed by atoms with Crippen molar-refractivity contribution in [2.75, 3.05) is 7.11 Å². The number of hydrogen-bond acceptors (Lipinski definition) is 5. The van der Waals surface area contributed by atoms with Crippen molar-refractivity contribution in [2.45, 2.75) is 0 Å². The first-order valence-electron chi connectivity index (χ1n) is 6.19. The lowest BCUT2D eigenvalue weighted by Gasteiger charge is -1.99. The molecule has 0 N–H and O–H groups in total. The van der Waals surface area contributed by atoms with Gasteiger partial charge in [0.15, 0.2) is 11.5 Å². The Kier molecular flexibility index (Phi) is 2.80. The van der Waals surface area contributed by atoms with E-state index in [2.05, 4.69) is 15.1 Å². The maximum atomic E-state index is 6.21. The van der Waals surface area contributed by atoms with Gasteiger partial charge in [0.2, 0.25) is 5.28 Å². The molecular formula is C14H9ClN4OS. The molecule has 0 spiro atoms. The van der Waals surface area contributed by atoms with E-state index in [4.69, 9.17) is 16.3 Å². The van der Waals surface area contributed by atoms with E-state index in [0.29, 0.717) is 11.5 Å². The molecule has 0 unspecified atom stereocenters. The maximum absolute atomic E-state index is 6.21. The van der Waals surface area contributed by atoms with Crippen LogP contribution in [0.3, 0.4) is 0 Å². The predicted molar refractivity (Wildman–Crippen MR) is 83.2 cm³/mol. The van der Waals surface area contributed by atoms with Crippen molar-refractivity contribution in [2.24, 2.45) is 0 Å². The quantitative estimate of drug-likeness (QED) is 0.529. The Balaban J connectivity index is 2.06. The van der Waals surface area contributed by atoms with Crippen LogP contribution in [0.4, 0.5) is 0 Å². The fraction of sp³-hybridized carbons (Fsp3) is 0.0714. The van der Waals surface area contributed by atoms with E-state index in [0.717, 1.165) is 22.2 Å². The number of benzene rings is 1. The standard InChI is InChI=1S/C14H9ClN4OS/c1-20-11-7-21-6-9(11)12-17-13-8-4-2-3-5-10(8)16-14(15)19(13)18-12/h2-7H,1H3. The molecular weight excluding hydrogens is 308 g/mol. The van der Waals surface area contributed by atoms with Gasteiger partial charge in [0.05, 0.1) is 18.2 Å². The first kappa shape index (κ1) is 12.6. The summed E-state index contributed by atoms with van der Waals surface area (Å²) in [6.45, 7) is 0. The second-order valence-electron chi connectivity index (χ2n) is 4.42. The number of thiophene rings is 1. The number of fused-ring (bicyclic) bond motifs is 3.